The van der Waals surface area contributed by atoms with Crippen molar-refractivity contribution < 1.29 is 0 Å². The molecule has 0 bridgehead atoms. The lowest BCUT2D eigenvalue weighted by atomic mass is 9.78. The highest BCUT2D eigenvalue weighted by molar-refractivity contribution is 5.26. The molecular weight excluding hydrogens is 266 g/mol. The molecular formula is C21H39N. The molecule has 0 aliphatic heterocycles. The molecule has 0 heterocycles. The van der Waals surface area contributed by atoms with Gasteiger partial charge in [-0.2, -0.15) is 0 Å². The summed E-state index contributed by atoms with van der Waals surface area (Å²) in [5.74, 6) is 3.30. The van der Waals surface area contributed by atoms with E-state index in [0.717, 1.165) is 30.2 Å². The van der Waals surface area contributed by atoms with Gasteiger partial charge in [-0.1, -0.05) is 57.9 Å². The van der Waals surface area contributed by atoms with Crippen LogP contribution in [0.5, 0.6) is 0 Å². The fraction of sp³-hybridized carbons (Fsp3) is 0.810. The highest BCUT2D eigenvalue weighted by Crippen LogP contribution is 2.29. The van der Waals surface area contributed by atoms with Gasteiger partial charge in [0.1, 0.15) is 0 Å². The van der Waals surface area contributed by atoms with E-state index in [1.54, 1.807) is 5.57 Å². The molecule has 128 valence electrons. The normalized spacial score (nSPS) is 18.6. The molecule has 1 rings (SSSR count). The van der Waals surface area contributed by atoms with E-state index >= 15 is 0 Å². The summed E-state index contributed by atoms with van der Waals surface area (Å²) in [4.78, 5) is 2.53. The van der Waals surface area contributed by atoms with Crippen LogP contribution in [-0.4, -0.2) is 25.0 Å². The minimum Gasteiger partial charge on any atom is -0.302 e. The zero-order valence-corrected chi connectivity index (χ0v) is 16.2. The Balaban J connectivity index is 2.47. The molecule has 0 N–H and O–H groups in total. The largest absolute Gasteiger partial charge is 0.302 e. The first-order valence-electron chi connectivity index (χ1n) is 9.34. The molecule has 1 nitrogen and oxygen atoms in total. The molecule has 0 fully saturated rings. The molecule has 0 amide bonds. The van der Waals surface area contributed by atoms with Crippen LogP contribution >= 0.6 is 0 Å². The second kappa shape index (κ2) is 9.55. The maximum absolute atomic E-state index is 2.53. The van der Waals surface area contributed by atoms with Gasteiger partial charge in [0.25, 0.3) is 0 Å². The summed E-state index contributed by atoms with van der Waals surface area (Å²) in [5.41, 5.74) is 3.06. The Labute approximate surface area is 139 Å². The zero-order chi connectivity index (χ0) is 16.7. The molecule has 1 heteroatoms. The smallest absolute Gasteiger partial charge is 0.0193 e. The Kier molecular flexibility index (Phi) is 8.46. The fourth-order valence-corrected chi connectivity index (χ4v) is 3.62. The van der Waals surface area contributed by atoms with Crippen molar-refractivity contribution >= 4 is 0 Å². The number of rotatable bonds is 9. The first-order chi connectivity index (χ1) is 10.3. The van der Waals surface area contributed by atoms with Gasteiger partial charge in [0, 0.05) is 6.54 Å². The molecule has 0 saturated carbocycles. The first-order valence-corrected chi connectivity index (χ1v) is 9.34. The highest BCUT2D eigenvalue weighted by Gasteiger charge is 2.21. The summed E-state index contributed by atoms with van der Waals surface area (Å²) in [6.07, 6.45) is 9.94. The maximum Gasteiger partial charge on any atom is 0.0193 e. The van der Waals surface area contributed by atoms with Crippen LogP contribution < -0.4 is 0 Å². The quantitative estimate of drug-likeness (QED) is 0.510. The molecule has 22 heavy (non-hydrogen) atoms. The van der Waals surface area contributed by atoms with E-state index in [-0.39, 0.29) is 0 Å². The van der Waals surface area contributed by atoms with E-state index in [1.807, 2.05) is 0 Å². The molecule has 2 atom stereocenters. The summed E-state index contributed by atoms with van der Waals surface area (Å²) >= 11 is 0. The van der Waals surface area contributed by atoms with Crippen molar-refractivity contribution in [2.24, 2.45) is 23.7 Å². The van der Waals surface area contributed by atoms with E-state index in [0.29, 0.717) is 0 Å². The Morgan fingerprint density at radius 3 is 2.36 bits per heavy atom. The van der Waals surface area contributed by atoms with Gasteiger partial charge in [0.2, 0.25) is 0 Å². The third-order valence-corrected chi connectivity index (χ3v) is 5.29. The summed E-state index contributed by atoms with van der Waals surface area (Å²) in [6, 6.07) is 0. The first kappa shape index (κ1) is 19.5. The van der Waals surface area contributed by atoms with Gasteiger partial charge in [0.15, 0.2) is 0 Å². The van der Waals surface area contributed by atoms with Gasteiger partial charge < -0.3 is 4.90 Å². The van der Waals surface area contributed by atoms with Gasteiger partial charge in [-0.25, -0.2) is 0 Å². The maximum atomic E-state index is 2.53. The second-order valence-corrected chi connectivity index (χ2v) is 8.31. The molecule has 0 radical (unpaired) electrons. The zero-order valence-electron chi connectivity index (χ0n) is 16.2. The van der Waals surface area contributed by atoms with Crippen molar-refractivity contribution in [3.63, 3.8) is 0 Å². The van der Waals surface area contributed by atoms with E-state index in [1.165, 1.54) is 37.8 Å². The lowest BCUT2D eigenvalue weighted by Crippen LogP contribution is -2.28. The number of hydrogen-bond donors (Lipinski definition) is 0. The summed E-state index contributed by atoms with van der Waals surface area (Å²) in [7, 11) is 2.29. The summed E-state index contributed by atoms with van der Waals surface area (Å²) in [5, 5.41) is 0. The number of likely N-dealkylation sites (N-methyl/N-ethyl adjacent to an activating group) is 1. The topological polar surface area (TPSA) is 3.24 Å². The SMILES string of the molecule is CC1=CCCC(CN(C)CCC(CC(C)C)C(C)C(C)C)=C1. The average molecular weight is 306 g/mol. The van der Waals surface area contributed by atoms with Crippen molar-refractivity contribution in [2.75, 3.05) is 20.1 Å². The molecule has 0 aromatic carbocycles. The van der Waals surface area contributed by atoms with E-state index < -0.39 is 0 Å². The predicted molar refractivity (Wildman–Crippen MR) is 100 cm³/mol. The van der Waals surface area contributed by atoms with Gasteiger partial charge in [-0.15, -0.1) is 0 Å². The van der Waals surface area contributed by atoms with E-state index in [4.69, 9.17) is 0 Å². The standard InChI is InChI=1S/C21H39N/c1-16(2)13-21(19(6)17(3)4)11-12-22(7)15-20-10-8-9-18(5)14-20/h9,14,16-17,19,21H,8,10-13,15H2,1-7H3. The Morgan fingerprint density at radius 2 is 1.82 bits per heavy atom. The molecule has 1 aliphatic rings. The molecule has 1 aliphatic carbocycles. The van der Waals surface area contributed by atoms with Gasteiger partial charge in [-0.3, -0.25) is 0 Å². The number of allylic oxidation sites excluding steroid dienone is 3. The third kappa shape index (κ3) is 7.13. The Morgan fingerprint density at radius 1 is 1.14 bits per heavy atom. The molecule has 0 saturated heterocycles. The minimum atomic E-state index is 0.794. The summed E-state index contributed by atoms with van der Waals surface area (Å²) < 4.78 is 0. The number of hydrogen-bond acceptors (Lipinski definition) is 1. The van der Waals surface area contributed by atoms with Gasteiger partial charge in [0.05, 0.1) is 0 Å². The van der Waals surface area contributed by atoms with Crippen LogP contribution in [0.15, 0.2) is 23.3 Å². The predicted octanol–water partition coefficient (Wildman–Crippen LogP) is 5.93. The summed E-state index contributed by atoms with van der Waals surface area (Å²) in [6.45, 7) is 16.5. The average Bonchev–Trinajstić information content (AvgIpc) is 2.42. The van der Waals surface area contributed by atoms with Gasteiger partial charge in [-0.05, 0) is 69.9 Å². The van der Waals surface area contributed by atoms with E-state index in [9.17, 15) is 0 Å². The van der Waals surface area contributed by atoms with Crippen molar-refractivity contribution in [3.05, 3.63) is 23.3 Å². The van der Waals surface area contributed by atoms with Crippen LogP contribution in [0.2, 0.25) is 0 Å². The van der Waals surface area contributed by atoms with Crippen molar-refractivity contribution in [1.82, 2.24) is 4.90 Å². The Hall–Kier alpha value is -0.560. The number of nitrogens with zero attached hydrogens (tertiary/aromatic N) is 1. The van der Waals surface area contributed by atoms with E-state index in [2.05, 4.69) is 65.6 Å². The van der Waals surface area contributed by atoms with Crippen LogP contribution in [0.25, 0.3) is 0 Å². The molecule has 0 aromatic rings. The molecule has 0 aromatic heterocycles. The van der Waals surface area contributed by atoms with Crippen LogP contribution in [-0.2, 0) is 0 Å². The molecule has 2 unspecified atom stereocenters. The van der Waals surface area contributed by atoms with Crippen LogP contribution in [0.4, 0.5) is 0 Å². The monoisotopic (exact) mass is 305 g/mol. The second-order valence-electron chi connectivity index (χ2n) is 8.31. The van der Waals surface area contributed by atoms with Crippen molar-refractivity contribution in [1.29, 1.82) is 0 Å². The lowest BCUT2D eigenvalue weighted by Gasteiger charge is -2.30. The van der Waals surface area contributed by atoms with Crippen molar-refractivity contribution in [2.45, 2.75) is 67.2 Å². The lowest BCUT2D eigenvalue weighted by molar-refractivity contribution is 0.201. The fourth-order valence-electron chi connectivity index (χ4n) is 3.62. The van der Waals surface area contributed by atoms with Crippen molar-refractivity contribution in [3.8, 4) is 0 Å². The van der Waals surface area contributed by atoms with Gasteiger partial charge >= 0.3 is 0 Å². The van der Waals surface area contributed by atoms with Crippen LogP contribution in [0.1, 0.15) is 67.2 Å². The van der Waals surface area contributed by atoms with Crippen LogP contribution in [0, 0.1) is 23.7 Å². The molecule has 0 spiro atoms. The third-order valence-electron chi connectivity index (χ3n) is 5.29. The van der Waals surface area contributed by atoms with Crippen LogP contribution in [0.3, 0.4) is 0 Å². The highest BCUT2D eigenvalue weighted by atomic mass is 15.1. The minimum absolute atomic E-state index is 0.794. The Bertz CT molecular complexity index is 375.